The maximum absolute atomic E-state index is 3.61. The minimum Gasteiger partial charge on any atom is -0.356 e. The number of rotatable bonds is 3. The van der Waals surface area contributed by atoms with Gasteiger partial charge < -0.3 is 5.32 Å². The van der Waals surface area contributed by atoms with E-state index in [0.29, 0.717) is 0 Å². The van der Waals surface area contributed by atoms with Gasteiger partial charge in [-0.1, -0.05) is 86.6 Å². The second-order valence-electron chi connectivity index (χ2n) is 9.20. The summed E-state index contributed by atoms with van der Waals surface area (Å²) in [5.74, 6) is 0. The second-order valence-corrected chi connectivity index (χ2v) is 9.20. The van der Waals surface area contributed by atoms with Crippen LogP contribution in [0.15, 0.2) is 109 Å². The van der Waals surface area contributed by atoms with Gasteiger partial charge in [0.15, 0.2) is 0 Å². The summed E-state index contributed by atoms with van der Waals surface area (Å²) in [7, 11) is 0. The molecule has 0 unspecified atom stereocenters. The van der Waals surface area contributed by atoms with Gasteiger partial charge in [0.1, 0.15) is 0 Å². The summed E-state index contributed by atoms with van der Waals surface area (Å²) in [6.45, 7) is 4.68. The summed E-state index contributed by atoms with van der Waals surface area (Å²) in [5, 5.41) is 6.22. The third-order valence-electron chi connectivity index (χ3n) is 6.82. The molecular weight excluding hydrogens is 386 g/mol. The zero-order valence-corrected chi connectivity index (χ0v) is 18.4. The lowest BCUT2D eigenvalue weighted by molar-refractivity contribution is 0.661. The van der Waals surface area contributed by atoms with Crippen molar-refractivity contribution in [2.75, 3.05) is 5.32 Å². The highest BCUT2D eigenvalue weighted by Gasteiger charge is 2.35. The molecule has 0 saturated heterocycles. The zero-order valence-electron chi connectivity index (χ0n) is 18.4. The van der Waals surface area contributed by atoms with Crippen molar-refractivity contribution >= 4 is 22.1 Å². The maximum Gasteiger partial charge on any atom is 0.0387 e. The first-order valence-electron chi connectivity index (χ1n) is 11.2. The molecule has 1 aliphatic rings. The van der Waals surface area contributed by atoms with Crippen LogP contribution >= 0.6 is 0 Å². The van der Waals surface area contributed by atoms with Crippen LogP contribution < -0.4 is 5.32 Å². The molecule has 1 heteroatoms. The third kappa shape index (κ3) is 3.01. The average molecular weight is 412 g/mol. The van der Waals surface area contributed by atoms with Crippen LogP contribution in [0.3, 0.4) is 0 Å². The van der Waals surface area contributed by atoms with Crippen molar-refractivity contribution in [2.45, 2.75) is 19.3 Å². The van der Waals surface area contributed by atoms with Crippen molar-refractivity contribution < 1.29 is 0 Å². The van der Waals surface area contributed by atoms with E-state index in [9.17, 15) is 0 Å². The number of fused-ring (bicyclic) bond motifs is 4. The monoisotopic (exact) mass is 411 g/mol. The van der Waals surface area contributed by atoms with Crippen LogP contribution in [-0.4, -0.2) is 0 Å². The minimum absolute atomic E-state index is 0.0243. The van der Waals surface area contributed by atoms with Crippen LogP contribution in [0.1, 0.15) is 25.0 Å². The number of hydrogen-bond donors (Lipinski definition) is 1. The van der Waals surface area contributed by atoms with Crippen molar-refractivity contribution in [3.63, 3.8) is 0 Å². The van der Waals surface area contributed by atoms with Gasteiger partial charge in [-0.15, -0.1) is 0 Å². The van der Waals surface area contributed by atoms with E-state index in [1.54, 1.807) is 0 Å². The van der Waals surface area contributed by atoms with Gasteiger partial charge in [0.05, 0.1) is 0 Å². The largest absolute Gasteiger partial charge is 0.356 e. The minimum atomic E-state index is -0.0243. The van der Waals surface area contributed by atoms with Crippen LogP contribution in [0.5, 0.6) is 0 Å². The average Bonchev–Trinajstić information content (AvgIpc) is 3.05. The molecule has 5 aromatic carbocycles. The Hall–Kier alpha value is -3.84. The molecule has 0 fully saturated rings. The molecule has 0 aliphatic heterocycles. The molecule has 0 spiro atoms. The highest BCUT2D eigenvalue weighted by Crippen LogP contribution is 2.50. The zero-order chi connectivity index (χ0) is 21.7. The van der Waals surface area contributed by atoms with Gasteiger partial charge in [0.25, 0.3) is 0 Å². The summed E-state index contributed by atoms with van der Waals surface area (Å²) in [4.78, 5) is 0. The van der Waals surface area contributed by atoms with Crippen molar-refractivity contribution in [3.05, 3.63) is 120 Å². The molecule has 154 valence electrons. The van der Waals surface area contributed by atoms with Crippen LogP contribution in [0.25, 0.3) is 33.0 Å². The van der Waals surface area contributed by atoms with Crippen LogP contribution in [-0.2, 0) is 5.41 Å². The number of anilines is 2. The molecule has 1 aliphatic carbocycles. The summed E-state index contributed by atoms with van der Waals surface area (Å²) in [6.07, 6.45) is 0. The lowest BCUT2D eigenvalue weighted by atomic mass is 9.82. The van der Waals surface area contributed by atoms with E-state index < -0.39 is 0 Å². The predicted molar refractivity (Wildman–Crippen MR) is 137 cm³/mol. The smallest absolute Gasteiger partial charge is 0.0387 e. The van der Waals surface area contributed by atoms with E-state index in [1.165, 1.54) is 44.2 Å². The quantitative estimate of drug-likeness (QED) is 0.313. The molecular formula is C31H25N. The van der Waals surface area contributed by atoms with Crippen LogP contribution in [0.2, 0.25) is 0 Å². The molecule has 6 rings (SSSR count). The van der Waals surface area contributed by atoms with E-state index >= 15 is 0 Å². The number of nitrogens with one attached hydrogen (secondary N) is 1. The molecule has 0 amide bonds. The van der Waals surface area contributed by atoms with E-state index in [2.05, 4.69) is 128 Å². The molecule has 1 nitrogen and oxygen atoms in total. The molecule has 32 heavy (non-hydrogen) atoms. The molecule has 5 aromatic rings. The fraction of sp³-hybridized carbons (Fsp3) is 0.0968. The molecule has 0 bridgehead atoms. The number of benzene rings is 5. The fourth-order valence-electron chi connectivity index (χ4n) is 5.04. The maximum atomic E-state index is 3.61. The van der Waals surface area contributed by atoms with Crippen molar-refractivity contribution in [1.82, 2.24) is 0 Å². The highest BCUT2D eigenvalue weighted by atomic mass is 14.9. The Morgan fingerprint density at radius 3 is 1.84 bits per heavy atom. The summed E-state index contributed by atoms with van der Waals surface area (Å²) in [5.41, 5.74) is 10.2. The Morgan fingerprint density at radius 2 is 1.09 bits per heavy atom. The standard InChI is InChI=1S/C31H25N/c1-31(2)29-19-24-11-7-6-10-23(24)18-28(29)27-17-16-26(20-30(27)31)32-25-14-12-22(13-15-25)21-8-4-3-5-9-21/h3-20,32H,1-2H3. The summed E-state index contributed by atoms with van der Waals surface area (Å²) < 4.78 is 0. The second kappa shape index (κ2) is 7.10. The molecule has 0 atom stereocenters. The Kier molecular flexibility index (Phi) is 4.19. The highest BCUT2D eigenvalue weighted by molar-refractivity contribution is 5.94. The summed E-state index contributed by atoms with van der Waals surface area (Å²) >= 11 is 0. The summed E-state index contributed by atoms with van der Waals surface area (Å²) in [6, 6.07) is 39.3. The SMILES string of the molecule is CC1(C)c2cc(Nc3ccc(-c4ccccc4)cc3)ccc2-c2cc3ccccc3cc21. The molecule has 0 saturated carbocycles. The van der Waals surface area contributed by atoms with Gasteiger partial charge in [-0.25, -0.2) is 0 Å². The fourth-order valence-corrected chi connectivity index (χ4v) is 5.04. The van der Waals surface area contributed by atoms with E-state index in [0.717, 1.165) is 11.4 Å². The molecule has 0 aromatic heterocycles. The van der Waals surface area contributed by atoms with Gasteiger partial charge in [-0.05, 0) is 80.6 Å². The van der Waals surface area contributed by atoms with E-state index in [1.807, 2.05) is 0 Å². The van der Waals surface area contributed by atoms with Crippen molar-refractivity contribution in [2.24, 2.45) is 0 Å². The van der Waals surface area contributed by atoms with Gasteiger partial charge in [-0.3, -0.25) is 0 Å². The Balaban J connectivity index is 1.34. The van der Waals surface area contributed by atoms with E-state index in [4.69, 9.17) is 0 Å². The first kappa shape index (κ1) is 18.9. The van der Waals surface area contributed by atoms with Crippen molar-refractivity contribution in [1.29, 1.82) is 0 Å². The van der Waals surface area contributed by atoms with E-state index in [-0.39, 0.29) is 5.41 Å². The van der Waals surface area contributed by atoms with Crippen LogP contribution in [0, 0.1) is 0 Å². The van der Waals surface area contributed by atoms with Crippen LogP contribution in [0.4, 0.5) is 11.4 Å². The first-order valence-corrected chi connectivity index (χ1v) is 11.2. The molecule has 1 N–H and O–H groups in total. The Bertz CT molecular complexity index is 1440. The van der Waals surface area contributed by atoms with Gasteiger partial charge in [0, 0.05) is 16.8 Å². The topological polar surface area (TPSA) is 12.0 Å². The van der Waals surface area contributed by atoms with Gasteiger partial charge >= 0.3 is 0 Å². The van der Waals surface area contributed by atoms with Gasteiger partial charge in [-0.2, -0.15) is 0 Å². The van der Waals surface area contributed by atoms with Gasteiger partial charge in [0.2, 0.25) is 0 Å². The Morgan fingerprint density at radius 1 is 0.500 bits per heavy atom. The first-order chi connectivity index (χ1) is 15.6. The molecule has 0 radical (unpaired) electrons. The van der Waals surface area contributed by atoms with Crippen molar-refractivity contribution in [3.8, 4) is 22.3 Å². The predicted octanol–water partition coefficient (Wildman–Crippen LogP) is 8.56. The third-order valence-corrected chi connectivity index (χ3v) is 6.82. The normalized spacial score (nSPS) is 13.6. The molecule has 0 heterocycles. The lowest BCUT2D eigenvalue weighted by Crippen LogP contribution is -2.15. The Labute approximate surface area is 189 Å². The number of hydrogen-bond acceptors (Lipinski definition) is 1. The lowest BCUT2D eigenvalue weighted by Gasteiger charge is -2.22.